The molecule has 0 aliphatic heterocycles. The van der Waals surface area contributed by atoms with Crippen LogP contribution in [0.3, 0.4) is 0 Å². The van der Waals surface area contributed by atoms with Gasteiger partial charge in [0.1, 0.15) is 11.5 Å². The highest BCUT2D eigenvalue weighted by molar-refractivity contribution is 5.74. The van der Waals surface area contributed by atoms with E-state index in [1.165, 1.54) is 0 Å². The van der Waals surface area contributed by atoms with Crippen LogP contribution in [0.15, 0.2) is 29.2 Å². The van der Waals surface area contributed by atoms with E-state index in [1.807, 2.05) is 0 Å². The molecule has 0 saturated carbocycles. The SMILES string of the molecule is C=CCc1ccc(C(N)C(=O)O)o1. The fourth-order valence-corrected chi connectivity index (χ4v) is 0.935. The Balaban J connectivity index is 2.78. The van der Waals surface area contributed by atoms with Crippen LogP contribution >= 0.6 is 0 Å². The lowest BCUT2D eigenvalue weighted by Crippen LogP contribution is -2.19. The topological polar surface area (TPSA) is 76.5 Å². The Morgan fingerprint density at radius 3 is 3.00 bits per heavy atom. The molecule has 0 aliphatic carbocycles. The normalized spacial score (nSPS) is 12.4. The van der Waals surface area contributed by atoms with Gasteiger partial charge in [-0.3, -0.25) is 4.79 Å². The highest BCUT2D eigenvalue weighted by Gasteiger charge is 2.17. The maximum absolute atomic E-state index is 10.5. The van der Waals surface area contributed by atoms with Crippen molar-refractivity contribution in [1.82, 2.24) is 0 Å². The minimum absolute atomic E-state index is 0.268. The molecular weight excluding hydrogens is 170 g/mol. The Morgan fingerprint density at radius 1 is 1.77 bits per heavy atom. The number of furan rings is 1. The Kier molecular flexibility index (Phi) is 2.87. The molecule has 1 aromatic rings. The number of carbonyl (C=O) groups is 1. The minimum atomic E-state index is -1.10. The summed E-state index contributed by atoms with van der Waals surface area (Å²) in [5.74, 6) is -0.162. The van der Waals surface area contributed by atoms with Gasteiger partial charge in [0.25, 0.3) is 0 Å². The van der Waals surface area contributed by atoms with Gasteiger partial charge < -0.3 is 15.3 Å². The summed E-state index contributed by atoms with van der Waals surface area (Å²) in [4.78, 5) is 10.5. The highest BCUT2D eigenvalue weighted by atomic mass is 16.4. The summed E-state index contributed by atoms with van der Waals surface area (Å²) in [5.41, 5.74) is 5.33. The van der Waals surface area contributed by atoms with Crippen LogP contribution in [0.4, 0.5) is 0 Å². The molecule has 3 N–H and O–H groups in total. The van der Waals surface area contributed by atoms with E-state index >= 15 is 0 Å². The Morgan fingerprint density at radius 2 is 2.46 bits per heavy atom. The number of rotatable bonds is 4. The van der Waals surface area contributed by atoms with Gasteiger partial charge in [0.15, 0.2) is 6.04 Å². The molecule has 1 atom stereocenters. The molecule has 0 spiro atoms. The van der Waals surface area contributed by atoms with Crippen LogP contribution in [0, 0.1) is 0 Å². The van der Waals surface area contributed by atoms with Crippen molar-refractivity contribution in [3.05, 3.63) is 36.3 Å². The number of allylic oxidation sites excluding steroid dienone is 1. The van der Waals surface area contributed by atoms with Crippen molar-refractivity contribution in [3.8, 4) is 0 Å². The van der Waals surface area contributed by atoms with E-state index in [-0.39, 0.29) is 5.76 Å². The third-order valence-electron chi connectivity index (χ3n) is 1.60. The molecule has 0 amide bonds. The van der Waals surface area contributed by atoms with Crippen molar-refractivity contribution in [2.45, 2.75) is 12.5 Å². The number of hydrogen-bond acceptors (Lipinski definition) is 3. The molecule has 0 fully saturated rings. The third kappa shape index (κ3) is 2.19. The second-order valence-corrected chi connectivity index (χ2v) is 2.61. The van der Waals surface area contributed by atoms with Crippen molar-refractivity contribution < 1.29 is 14.3 Å². The molecule has 0 aromatic carbocycles. The Bertz CT molecular complexity index is 316. The first-order chi connectivity index (χ1) is 6.15. The molecule has 1 unspecified atom stereocenters. The predicted molar refractivity (Wildman–Crippen MR) is 47.2 cm³/mol. The monoisotopic (exact) mass is 181 g/mol. The zero-order valence-electron chi connectivity index (χ0n) is 7.06. The number of aliphatic carboxylic acids is 1. The number of hydrogen-bond donors (Lipinski definition) is 2. The molecule has 0 saturated heterocycles. The molecule has 13 heavy (non-hydrogen) atoms. The summed E-state index contributed by atoms with van der Waals surface area (Å²) < 4.78 is 5.17. The van der Waals surface area contributed by atoms with Crippen LogP contribution < -0.4 is 5.73 Å². The smallest absolute Gasteiger partial charge is 0.328 e. The predicted octanol–water partition coefficient (Wildman–Crippen LogP) is 1.09. The first-order valence-electron chi connectivity index (χ1n) is 3.83. The van der Waals surface area contributed by atoms with Gasteiger partial charge in [0.05, 0.1) is 0 Å². The van der Waals surface area contributed by atoms with Gasteiger partial charge in [-0.2, -0.15) is 0 Å². The lowest BCUT2D eigenvalue weighted by Gasteiger charge is -2.00. The van der Waals surface area contributed by atoms with E-state index in [0.29, 0.717) is 12.2 Å². The van der Waals surface area contributed by atoms with Crippen LogP contribution in [0.2, 0.25) is 0 Å². The van der Waals surface area contributed by atoms with Crippen LogP contribution in [-0.2, 0) is 11.2 Å². The van der Waals surface area contributed by atoms with Crippen LogP contribution in [-0.4, -0.2) is 11.1 Å². The van der Waals surface area contributed by atoms with Crippen LogP contribution in [0.1, 0.15) is 17.6 Å². The molecule has 70 valence electrons. The van der Waals surface area contributed by atoms with Gasteiger partial charge in [-0.25, -0.2) is 0 Å². The Labute approximate surface area is 75.7 Å². The summed E-state index contributed by atoms with van der Waals surface area (Å²) in [5, 5.41) is 8.57. The van der Waals surface area contributed by atoms with E-state index < -0.39 is 12.0 Å². The number of nitrogens with two attached hydrogens (primary N) is 1. The maximum atomic E-state index is 10.5. The fourth-order valence-electron chi connectivity index (χ4n) is 0.935. The summed E-state index contributed by atoms with van der Waals surface area (Å²) in [6.07, 6.45) is 2.25. The average molecular weight is 181 g/mol. The van der Waals surface area contributed by atoms with Crippen molar-refractivity contribution in [1.29, 1.82) is 0 Å². The van der Waals surface area contributed by atoms with Crippen LogP contribution in [0.25, 0.3) is 0 Å². The van der Waals surface area contributed by atoms with Gasteiger partial charge in [-0.15, -0.1) is 6.58 Å². The molecule has 1 heterocycles. The fraction of sp³-hybridized carbons (Fsp3) is 0.222. The van der Waals surface area contributed by atoms with E-state index in [1.54, 1.807) is 18.2 Å². The molecule has 1 rings (SSSR count). The average Bonchev–Trinajstić information content (AvgIpc) is 2.52. The molecule has 0 radical (unpaired) electrons. The lowest BCUT2D eigenvalue weighted by molar-refractivity contribution is -0.139. The molecule has 0 bridgehead atoms. The second-order valence-electron chi connectivity index (χ2n) is 2.61. The summed E-state index contributed by atoms with van der Waals surface area (Å²) >= 11 is 0. The molecule has 4 heteroatoms. The number of carboxylic acids is 1. The van der Waals surface area contributed by atoms with E-state index in [4.69, 9.17) is 15.3 Å². The van der Waals surface area contributed by atoms with Crippen molar-refractivity contribution in [2.75, 3.05) is 0 Å². The van der Waals surface area contributed by atoms with E-state index in [0.717, 1.165) is 0 Å². The summed E-state index contributed by atoms with van der Waals surface area (Å²) in [6.45, 7) is 3.54. The first-order valence-corrected chi connectivity index (χ1v) is 3.83. The largest absolute Gasteiger partial charge is 0.480 e. The second kappa shape index (κ2) is 3.91. The van der Waals surface area contributed by atoms with Crippen molar-refractivity contribution in [3.63, 3.8) is 0 Å². The molecular formula is C9H11NO3. The van der Waals surface area contributed by atoms with Gasteiger partial charge in [0, 0.05) is 6.42 Å². The van der Waals surface area contributed by atoms with Crippen LogP contribution in [0.5, 0.6) is 0 Å². The summed E-state index contributed by atoms with van der Waals surface area (Å²) in [6, 6.07) is 2.18. The molecule has 1 aromatic heterocycles. The number of carboxylic acid groups (broad SMARTS) is 1. The van der Waals surface area contributed by atoms with E-state index in [2.05, 4.69) is 6.58 Å². The van der Waals surface area contributed by atoms with Crippen molar-refractivity contribution >= 4 is 5.97 Å². The zero-order chi connectivity index (χ0) is 9.84. The summed E-state index contributed by atoms with van der Waals surface area (Å²) in [7, 11) is 0. The van der Waals surface area contributed by atoms with Gasteiger partial charge >= 0.3 is 5.97 Å². The molecule has 0 aliphatic rings. The standard InChI is InChI=1S/C9H11NO3/c1-2-3-6-4-5-7(13-6)8(10)9(11)12/h2,4-5,8H,1,3,10H2,(H,11,12). The molecule has 4 nitrogen and oxygen atoms in total. The van der Waals surface area contributed by atoms with Crippen molar-refractivity contribution in [2.24, 2.45) is 5.73 Å². The van der Waals surface area contributed by atoms with Gasteiger partial charge in [-0.1, -0.05) is 6.08 Å². The first kappa shape index (κ1) is 9.54. The highest BCUT2D eigenvalue weighted by Crippen LogP contribution is 2.15. The third-order valence-corrected chi connectivity index (χ3v) is 1.60. The lowest BCUT2D eigenvalue weighted by atomic mass is 10.2. The van der Waals surface area contributed by atoms with Gasteiger partial charge in [-0.05, 0) is 12.1 Å². The Hall–Kier alpha value is -1.55. The van der Waals surface area contributed by atoms with Gasteiger partial charge in [0.2, 0.25) is 0 Å². The minimum Gasteiger partial charge on any atom is -0.480 e. The zero-order valence-corrected chi connectivity index (χ0v) is 7.06. The maximum Gasteiger partial charge on any atom is 0.328 e. The van der Waals surface area contributed by atoms with E-state index in [9.17, 15) is 4.79 Å². The quantitative estimate of drug-likeness (QED) is 0.682.